The van der Waals surface area contributed by atoms with E-state index in [1.807, 2.05) is 30.3 Å². The second-order valence-corrected chi connectivity index (χ2v) is 13.9. The minimum atomic E-state index is -0.901. The number of unbranched alkanes of at least 4 members (excludes halogenated alkanes) is 1. The highest BCUT2D eigenvalue weighted by molar-refractivity contribution is 6.06. The molecule has 0 atom stereocenters. The molecule has 3 amide bonds. The third kappa shape index (κ3) is 16.1. The van der Waals surface area contributed by atoms with E-state index < -0.39 is 5.97 Å². The lowest BCUT2D eigenvalue weighted by molar-refractivity contribution is -0.137. The zero-order chi connectivity index (χ0) is 40.7. The summed E-state index contributed by atoms with van der Waals surface area (Å²) in [4.78, 5) is 56.3. The molecule has 6 N–H and O–H groups in total. The van der Waals surface area contributed by atoms with E-state index in [9.17, 15) is 19.2 Å². The maximum absolute atomic E-state index is 12.5. The molecule has 15 nitrogen and oxygen atoms in total. The molecule has 0 radical (unpaired) electrons. The predicted molar refractivity (Wildman–Crippen MR) is 218 cm³/mol. The number of amides is 3. The van der Waals surface area contributed by atoms with Gasteiger partial charge >= 0.3 is 5.97 Å². The number of aromatic nitrogens is 3. The number of nitrogens with zero attached hydrogens (tertiary/aromatic N) is 3. The second-order valence-electron chi connectivity index (χ2n) is 13.9. The maximum atomic E-state index is 12.5. The molecule has 2 aromatic heterocycles. The molecule has 310 valence electrons. The van der Waals surface area contributed by atoms with E-state index in [0.29, 0.717) is 97.3 Å². The summed E-state index contributed by atoms with van der Waals surface area (Å²) in [5.74, 6) is 0.209. The molecule has 0 aliphatic carbocycles. The van der Waals surface area contributed by atoms with Crippen LogP contribution >= 0.6 is 0 Å². The number of pyridine rings is 1. The number of imidazole rings is 1. The summed E-state index contributed by atoms with van der Waals surface area (Å²) in [7, 11) is 0. The van der Waals surface area contributed by atoms with Gasteiger partial charge in [0.05, 0.1) is 37.5 Å². The van der Waals surface area contributed by atoms with Gasteiger partial charge in [-0.1, -0.05) is 55.8 Å². The lowest BCUT2D eigenvalue weighted by atomic mass is 10.1. The molecule has 2 heterocycles. The third-order valence-electron chi connectivity index (χ3n) is 9.22. The number of fused-ring (bicyclic) bond motifs is 3. The van der Waals surface area contributed by atoms with Crippen LogP contribution in [0.2, 0.25) is 0 Å². The number of rotatable bonds is 29. The highest BCUT2D eigenvalue weighted by atomic mass is 16.5. The Hall–Kier alpha value is -5.12. The maximum Gasteiger partial charge on any atom is 0.303 e. The van der Waals surface area contributed by atoms with Crippen molar-refractivity contribution < 1.29 is 38.5 Å². The number of carboxylic acids is 1. The average molecular weight is 790 g/mol. The van der Waals surface area contributed by atoms with Gasteiger partial charge in [-0.15, -0.1) is 0 Å². The first-order chi connectivity index (χ1) is 27.7. The molecule has 0 aliphatic rings. The Kier molecular flexibility index (Phi) is 19.7. The van der Waals surface area contributed by atoms with Gasteiger partial charge in [0, 0.05) is 76.9 Å². The monoisotopic (exact) mass is 789 g/mol. The molecule has 0 bridgehead atoms. The number of hydrogen-bond acceptors (Lipinski definition) is 10. The molecular weight excluding hydrogens is 731 g/mol. The van der Waals surface area contributed by atoms with E-state index in [0.717, 1.165) is 58.2 Å². The van der Waals surface area contributed by atoms with Gasteiger partial charge in [-0.2, -0.15) is 0 Å². The molecule has 0 unspecified atom stereocenters. The lowest BCUT2D eigenvalue weighted by Gasteiger charge is -2.12. The van der Waals surface area contributed by atoms with Crippen molar-refractivity contribution in [1.82, 2.24) is 30.5 Å². The van der Waals surface area contributed by atoms with Crippen LogP contribution in [-0.4, -0.2) is 96.1 Å². The quantitative estimate of drug-likeness (QED) is 0.0478. The number of carboxylic acid groups (broad SMARTS) is 1. The SMILES string of the molecule is CCCCc1nc2c(N)nc3ccccc3c2n1Cc1ccc(CNC(=O)CCCC(=O)NCCCOCCOCCOCCCNC(=O)CCCC(=O)O)cc1. The number of nitrogens with two attached hydrogens (primary N) is 1. The third-order valence-corrected chi connectivity index (χ3v) is 9.22. The Morgan fingerprint density at radius 3 is 1.86 bits per heavy atom. The van der Waals surface area contributed by atoms with Crippen LogP contribution < -0.4 is 21.7 Å². The highest BCUT2D eigenvalue weighted by Crippen LogP contribution is 2.30. The Morgan fingerprint density at radius 1 is 0.684 bits per heavy atom. The fourth-order valence-electron chi connectivity index (χ4n) is 6.17. The minimum Gasteiger partial charge on any atom is -0.481 e. The molecule has 0 aliphatic heterocycles. The van der Waals surface area contributed by atoms with E-state index in [4.69, 9.17) is 30.0 Å². The van der Waals surface area contributed by atoms with Gasteiger partial charge in [-0.3, -0.25) is 19.2 Å². The summed E-state index contributed by atoms with van der Waals surface area (Å²) in [6, 6.07) is 16.2. The van der Waals surface area contributed by atoms with Crippen molar-refractivity contribution in [3.05, 3.63) is 65.5 Å². The molecule has 0 saturated carbocycles. The van der Waals surface area contributed by atoms with Crippen molar-refractivity contribution in [3.8, 4) is 0 Å². The van der Waals surface area contributed by atoms with Gasteiger partial charge in [0.15, 0.2) is 5.82 Å². The van der Waals surface area contributed by atoms with E-state index >= 15 is 0 Å². The molecule has 0 spiro atoms. The zero-order valence-electron chi connectivity index (χ0n) is 33.2. The summed E-state index contributed by atoms with van der Waals surface area (Å²) in [6.07, 6.45) is 5.84. The van der Waals surface area contributed by atoms with E-state index in [1.165, 1.54) is 0 Å². The number of carbonyl (C=O) groups excluding carboxylic acids is 3. The first-order valence-corrected chi connectivity index (χ1v) is 20.1. The summed E-state index contributed by atoms with van der Waals surface area (Å²) >= 11 is 0. The normalized spacial score (nSPS) is 11.2. The van der Waals surface area contributed by atoms with Crippen LogP contribution in [0.4, 0.5) is 5.82 Å². The molecule has 4 aromatic rings. The fourth-order valence-corrected chi connectivity index (χ4v) is 6.17. The van der Waals surface area contributed by atoms with Gasteiger partial charge in [-0.25, -0.2) is 9.97 Å². The summed E-state index contributed by atoms with van der Waals surface area (Å²) in [5, 5.41) is 18.2. The molecule has 0 fully saturated rings. The predicted octanol–water partition coefficient (Wildman–Crippen LogP) is 4.66. The Morgan fingerprint density at radius 2 is 1.25 bits per heavy atom. The molecule has 57 heavy (non-hydrogen) atoms. The summed E-state index contributed by atoms with van der Waals surface area (Å²) < 4.78 is 18.7. The van der Waals surface area contributed by atoms with Crippen molar-refractivity contribution in [2.24, 2.45) is 0 Å². The van der Waals surface area contributed by atoms with E-state index in [2.05, 4.69) is 50.6 Å². The molecule has 15 heteroatoms. The first kappa shape index (κ1) is 44.6. The highest BCUT2D eigenvalue weighted by Gasteiger charge is 2.17. The van der Waals surface area contributed by atoms with Crippen molar-refractivity contribution in [2.45, 2.75) is 90.6 Å². The standard InChI is InChI=1S/C42H59N7O8/c1-2-3-12-35-48-40-41(33-10-4-5-11-34(33)47-42(40)43)49(35)30-32-19-17-31(18-20-32)29-46-38(52)14-6-13-36(50)44-21-8-23-55-25-27-57-28-26-56-24-9-22-45-37(51)15-7-16-39(53)54/h4-5,10-11,17-20H,2-3,6-9,12-16,21-30H2,1H3,(H2,43,47)(H,44,50)(H,45,51)(H,46,52)(H,53,54). The van der Waals surface area contributed by atoms with Gasteiger partial charge in [-0.05, 0) is 49.3 Å². The van der Waals surface area contributed by atoms with Crippen LogP contribution in [-0.2, 0) is 52.9 Å². The topological polar surface area (TPSA) is 209 Å². The summed E-state index contributed by atoms with van der Waals surface area (Å²) in [5.41, 5.74) is 11.1. The van der Waals surface area contributed by atoms with Gasteiger partial charge < -0.3 is 45.6 Å². The fraction of sp³-hybridized carbons (Fsp3) is 0.524. The molecule has 4 rings (SSSR count). The second kappa shape index (κ2) is 25.2. The number of ether oxygens (including phenoxy) is 3. The van der Waals surface area contributed by atoms with Gasteiger partial charge in [0.2, 0.25) is 17.7 Å². The molecular formula is C42H59N7O8. The van der Waals surface area contributed by atoms with E-state index in [1.54, 1.807) is 0 Å². The van der Waals surface area contributed by atoms with Crippen molar-refractivity contribution in [3.63, 3.8) is 0 Å². The lowest BCUT2D eigenvalue weighted by Crippen LogP contribution is -2.26. The molecule has 2 aromatic carbocycles. The van der Waals surface area contributed by atoms with Crippen LogP contribution in [0, 0.1) is 0 Å². The number of nitrogens with one attached hydrogen (secondary N) is 3. The summed E-state index contributed by atoms with van der Waals surface area (Å²) in [6.45, 7) is 6.95. The number of anilines is 1. The van der Waals surface area contributed by atoms with Crippen LogP contribution in [0.3, 0.4) is 0 Å². The van der Waals surface area contributed by atoms with E-state index in [-0.39, 0.29) is 43.4 Å². The van der Waals surface area contributed by atoms with Gasteiger partial charge in [0.1, 0.15) is 11.3 Å². The number of aryl methyl sites for hydroxylation is 1. The number of carbonyl (C=O) groups is 4. The van der Waals surface area contributed by atoms with Crippen molar-refractivity contribution >= 4 is 51.4 Å². The largest absolute Gasteiger partial charge is 0.481 e. The van der Waals surface area contributed by atoms with Crippen LogP contribution in [0.25, 0.3) is 21.9 Å². The van der Waals surface area contributed by atoms with Gasteiger partial charge in [0.25, 0.3) is 0 Å². The van der Waals surface area contributed by atoms with Crippen molar-refractivity contribution in [2.75, 3.05) is 58.5 Å². The number of aliphatic carboxylic acids is 1. The Bertz CT molecular complexity index is 1860. The number of nitrogen functional groups attached to an aromatic ring is 1. The first-order valence-electron chi connectivity index (χ1n) is 20.1. The number of hydrogen-bond donors (Lipinski definition) is 5. The van der Waals surface area contributed by atoms with Crippen LogP contribution in [0.15, 0.2) is 48.5 Å². The van der Waals surface area contributed by atoms with Crippen molar-refractivity contribution in [1.29, 1.82) is 0 Å². The average Bonchev–Trinajstić information content (AvgIpc) is 3.56. The Balaban J connectivity index is 1.01. The zero-order valence-corrected chi connectivity index (χ0v) is 33.2. The number of benzene rings is 2. The number of para-hydroxylation sites is 1. The van der Waals surface area contributed by atoms with Crippen LogP contribution in [0.1, 0.15) is 88.1 Å². The van der Waals surface area contributed by atoms with Crippen LogP contribution in [0.5, 0.6) is 0 Å². The Labute approximate surface area is 334 Å². The minimum absolute atomic E-state index is 0.00754. The smallest absolute Gasteiger partial charge is 0.303 e. The molecule has 0 saturated heterocycles.